The molecule has 0 saturated carbocycles. The van der Waals surface area contributed by atoms with Gasteiger partial charge in [-0.3, -0.25) is 10.4 Å². The zero-order valence-electron chi connectivity index (χ0n) is 5.31. The Morgan fingerprint density at radius 3 is 3.22 bits per heavy atom. The minimum atomic E-state index is 0.141. The van der Waals surface area contributed by atoms with Crippen LogP contribution in [0.25, 0.3) is 0 Å². The van der Waals surface area contributed by atoms with Crippen LogP contribution in [0.1, 0.15) is 6.92 Å². The fraction of sp³-hybridized carbons (Fsp3) is 0.600. The van der Waals surface area contributed by atoms with Gasteiger partial charge in [-0.15, -0.1) is 0 Å². The van der Waals surface area contributed by atoms with Gasteiger partial charge < -0.3 is 10.6 Å². The Bertz CT molecular complexity index is 140. The van der Waals surface area contributed by atoms with E-state index < -0.39 is 0 Å². The Hall–Kier alpha value is -1.06. The van der Waals surface area contributed by atoms with Crippen LogP contribution in [0.5, 0.6) is 0 Å². The molecular formula is C5H10N4. The van der Waals surface area contributed by atoms with Crippen molar-refractivity contribution in [3.05, 3.63) is 0 Å². The molecule has 1 aliphatic rings. The van der Waals surface area contributed by atoms with E-state index in [0.717, 1.165) is 12.4 Å². The molecule has 1 aliphatic heterocycles. The predicted molar refractivity (Wildman–Crippen MR) is 36.8 cm³/mol. The van der Waals surface area contributed by atoms with E-state index in [2.05, 4.69) is 15.6 Å². The number of nitrogens with one attached hydrogen (secondary N) is 3. The molecule has 0 saturated heterocycles. The summed E-state index contributed by atoms with van der Waals surface area (Å²) in [4.78, 5) is 4.08. The number of hydrogen-bond acceptors (Lipinski definition) is 3. The molecule has 0 aromatic rings. The Morgan fingerprint density at radius 1 is 2.00 bits per heavy atom. The summed E-state index contributed by atoms with van der Waals surface area (Å²) in [6.45, 7) is 2.63. The van der Waals surface area contributed by atoms with Crippen LogP contribution in [0.2, 0.25) is 0 Å². The van der Waals surface area contributed by atoms with E-state index in [1.807, 2.05) is 6.92 Å². The van der Waals surface area contributed by atoms with Crippen molar-refractivity contribution in [2.45, 2.75) is 13.1 Å². The maximum absolute atomic E-state index is 6.71. The highest BCUT2D eigenvalue weighted by molar-refractivity contribution is 5.81. The van der Waals surface area contributed by atoms with Gasteiger partial charge in [-0.25, -0.2) is 0 Å². The first-order valence-electron chi connectivity index (χ1n) is 2.85. The van der Waals surface area contributed by atoms with E-state index in [1.165, 1.54) is 6.34 Å². The van der Waals surface area contributed by atoms with Crippen molar-refractivity contribution < 1.29 is 0 Å². The lowest BCUT2D eigenvalue weighted by molar-refractivity contribution is 0.625. The van der Waals surface area contributed by atoms with Crippen molar-refractivity contribution in [1.82, 2.24) is 10.6 Å². The third kappa shape index (κ3) is 1.42. The number of hydrogen-bond donors (Lipinski definition) is 3. The summed E-state index contributed by atoms with van der Waals surface area (Å²) in [7, 11) is 0. The Morgan fingerprint density at radius 2 is 2.78 bits per heavy atom. The monoisotopic (exact) mass is 126 g/mol. The van der Waals surface area contributed by atoms with Gasteiger partial charge in [0.05, 0.1) is 18.7 Å². The van der Waals surface area contributed by atoms with E-state index in [0.29, 0.717) is 0 Å². The second kappa shape index (κ2) is 2.48. The van der Waals surface area contributed by atoms with Crippen LogP contribution in [-0.2, 0) is 0 Å². The van der Waals surface area contributed by atoms with Gasteiger partial charge in [0.15, 0.2) is 0 Å². The molecule has 1 heterocycles. The summed E-state index contributed by atoms with van der Waals surface area (Å²) in [5.41, 5.74) is 0. The normalized spacial score (nSPS) is 24.6. The van der Waals surface area contributed by atoms with Crippen molar-refractivity contribution >= 4 is 12.2 Å². The highest BCUT2D eigenvalue weighted by atomic mass is 15.2. The molecule has 1 unspecified atom stereocenters. The molecule has 0 radical (unpaired) electrons. The van der Waals surface area contributed by atoms with E-state index in [1.54, 1.807) is 0 Å². The fourth-order valence-electron chi connectivity index (χ4n) is 0.767. The van der Waals surface area contributed by atoms with Crippen LogP contribution in [0.15, 0.2) is 4.99 Å². The zero-order chi connectivity index (χ0) is 6.69. The van der Waals surface area contributed by atoms with Gasteiger partial charge in [0.1, 0.15) is 6.17 Å². The Kier molecular flexibility index (Phi) is 1.67. The standard InChI is InChI=1S/C5H10N4/c1-4-7-2-5(9-4)8-3-6/h3,5H,2H2,1H3,(H2,6,8)(H,7,9). The summed E-state index contributed by atoms with van der Waals surface area (Å²) in [5.74, 6) is 0.939. The van der Waals surface area contributed by atoms with Crippen LogP contribution >= 0.6 is 0 Å². The SMILES string of the molecule is CC1=NCC(NC=N)N1. The third-order valence-electron chi connectivity index (χ3n) is 1.18. The maximum Gasteiger partial charge on any atom is 0.118 e. The minimum absolute atomic E-state index is 0.141. The number of aliphatic imine (C=N–C) groups is 1. The van der Waals surface area contributed by atoms with Gasteiger partial charge in [0.2, 0.25) is 0 Å². The maximum atomic E-state index is 6.71. The highest BCUT2D eigenvalue weighted by Gasteiger charge is 2.10. The molecule has 0 amide bonds. The molecule has 0 aromatic heterocycles. The van der Waals surface area contributed by atoms with Gasteiger partial charge in [0, 0.05) is 0 Å². The molecule has 0 bridgehead atoms. The van der Waals surface area contributed by atoms with Crippen molar-refractivity contribution in [1.29, 1.82) is 5.41 Å². The molecule has 4 nitrogen and oxygen atoms in total. The second-order valence-corrected chi connectivity index (χ2v) is 1.93. The van der Waals surface area contributed by atoms with Crippen molar-refractivity contribution in [2.24, 2.45) is 4.99 Å². The Balaban J connectivity index is 2.28. The lowest BCUT2D eigenvalue weighted by Gasteiger charge is -2.08. The molecule has 9 heavy (non-hydrogen) atoms. The van der Waals surface area contributed by atoms with E-state index in [-0.39, 0.29) is 6.17 Å². The molecule has 50 valence electrons. The largest absolute Gasteiger partial charge is 0.355 e. The molecule has 3 N–H and O–H groups in total. The van der Waals surface area contributed by atoms with Gasteiger partial charge in [-0.05, 0) is 6.92 Å². The molecule has 0 aromatic carbocycles. The molecular weight excluding hydrogens is 116 g/mol. The van der Waals surface area contributed by atoms with E-state index in [4.69, 9.17) is 5.41 Å². The molecule has 1 rings (SSSR count). The molecule has 0 spiro atoms. The van der Waals surface area contributed by atoms with Crippen molar-refractivity contribution in [3.63, 3.8) is 0 Å². The van der Waals surface area contributed by atoms with Crippen molar-refractivity contribution in [2.75, 3.05) is 6.54 Å². The fourth-order valence-corrected chi connectivity index (χ4v) is 0.767. The first-order chi connectivity index (χ1) is 4.33. The van der Waals surface area contributed by atoms with Crippen LogP contribution in [0, 0.1) is 5.41 Å². The lowest BCUT2D eigenvalue weighted by atomic mass is 10.5. The van der Waals surface area contributed by atoms with E-state index >= 15 is 0 Å². The molecule has 1 atom stereocenters. The van der Waals surface area contributed by atoms with Crippen LogP contribution in [0.4, 0.5) is 0 Å². The summed E-state index contributed by atoms with van der Waals surface area (Å²) in [6.07, 6.45) is 1.31. The molecule has 0 fully saturated rings. The lowest BCUT2D eigenvalue weighted by Crippen LogP contribution is -2.40. The quantitative estimate of drug-likeness (QED) is 0.346. The van der Waals surface area contributed by atoms with Gasteiger partial charge in [0.25, 0.3) is 0 Å². The van der Waals surface area contributed by atoms with Crippen molar-refractivity contribution in [3.8, 4) is 0 Å². The first kappa shape index (κ1) is 6.07. The number of nitrogens with zero attached hydrogens (tertiary/aromatic N) is 1. The minimum Gasteiger partial charge on any atom is -0.355 e. The first-order valence-corrected chi connectivity index (χ1v) is 2.85. The summed E-state index contributed by atoms with van der Waals surface area (Å²) < 4.78 is 0. The summed E-state index contributed by atoms with van der Waals surface area (Å²) in [5, 5.41) is 12.5. The smallest absolute Gasteiger partial charge is 0.118 e. The summed E-state index contributed by atoms with van der Waals surface area (Å²) >= 11 is 0. The Labute approximate surface area is 53.9 Å². The van der Waals surface area contributed by atoms with Gasteiger partial charge in [-0.1, -0.05) is 0 Å². The molecule has 0 aliphatic carbocycles. The van der Waals surface area contributed by atoms with Crippen LogP contribution in [-0.4, -0.2) is 24.9 Å². The predicted octanol–water partition coefficient (Wildman–Crippen LogP) is -0.469. The average molecular weight is 126 g/mol. The summed E-state index contributed by atoms with van der Waals surface area (Å²) in [6, 6.07) is 0. The molecule has 4 heteroatoms. The third-order valence-corrected chi connectivity index (χ3v) is 1.18. The zero-order valence-corrected chi connectivity index (χ0v) is 5.31. The van der Waals surface area contributed by atoms with Gasteiger partial charge in [-0.2, -0.15) is 0 Å². The number of rotatable bonds is 2. The van der Waals surface area contributed by atoms with E-state index in [9.17, 15) is 0 Å². The van der Waals surface area contributed by atoms with Crippen LogP contribution in [0.3, 0.4) is 0 Å². The average Bonchev–Trinajstić information content (AvgIpc) is 2.17. The topological polar surface area (TPSA) is 60.3 Å². The van der Waals surface area contributed by atoms with Gasteiger partial charge >= 0.3 is 0 Å². The highest BCUT2D eigenvalue weighted by Crippen LogP contribution is 1.89. The second-order valence-electron chi connectivity index (χ2n) is 1.93. The number of amidine groups is 1. The van der Waals surface area contributed by atoms with Crippen LogP contribution < -0.4 is 10.6 Å².